The lowest BCUT2D eigenvalue weighted by Crippen LogP contribution is -2.08. The fraction of sp³-hybridized carbons (Fsp3) is 0.200. The summed E-state index contributed by atoms with van der Waals surface area (Å²) in [5.74, 6) is -1.45. The van der Waals surface area contributed by atoms with E-state index in [1.165, 1.54) is 6.07 Å². The van der Waals surface area contributed by atoms with Crippen molar-refractivity contribution in [2.45, 2.75) is 12.6 Å². The second-order valence-electron chi connectivity index (χ2n) is 3.23. The molecule has 2 rings (SSSR count). The lowest BCUT2D eigenvalue weighted by Gasteiger charge is -2.03. The zero-order valence-electron chi connectivity index (χ0n) is 7.35. The summed E-state index contributed by atoms with van der Waals surface area (Å²) >= 11 is 2.90. The maximum absolute atomic E-state index is 13.6. The van der Waals surface area contributed by atoms with Crippen molar-refractivity contribution in [1.29, 1.82) is 5.26 Å². The van der Waals surface area contributed by atoms with E-state index in [-0.39, 0.29) is 27.6 Å². The fourth-order valence-corrected chi connectivity index (χ4v) is 2.05. The van der Waals surface area contributed by atoms with Crippen molar-refractivity contribution < 1.29 is 13.6 Å². The highest BCUT2D eigenvalue weighted by Gasteiger charge is 2.34. The number of ketones is 1. The van der Waals surface area contributed by atoms with Crippen molar-refractivity contribution in [2.75, 3.05) is 0 Å². The van der Waals surface area contributed by atoms with E-state index in [4.69, 9.17) is 5.26 Å². The molecule has 1 unspecified atom stereocenters. The van der Waals surface area contributed by atoms with E-state index in [9.17, 15) is 13.6 Å². The molecule has 0 N–H and O–H groups in total. The molecule has 0 fully saturated rings. The molecule has 5 heteroatoms. The quantitative estimate of drug-likeness (QED) is 0.728. The maximum atomic E-state index is 13.6. The van der Waals surface area contributed by atoms with Crippen LogP contribution in [0, 0.1) is 17.1 Å². The molecule has 2 nitrogen and oxygen atoms in total. The average molecular weight is 272 g/mol. The van der Waals surface area contributed by atoms with Crippen molar-refractivity contribution in [1.82, 2.24) is 0 Å². The molecule has 1 aliphatic rings. The Morgan fingerprint density at radius 2 is 2.27 bits per heavy atom. The number of halogens is 3. The van der Waals surface area contributed by atoms with Gasteiger partial charge in [0.05, 0.1) is 10.0 Å². The van der Waals surface area contributed by atoms with Crippen LogP contribution in [-0.2, 0) is 6.42 Å². The van der Waals surface area contributed by atoms with E-state index in [1.54, 1.807) is 6.07 Å². The molecule has 0 saturated carbocycles. The standard InChI is InChI=1S/C10H4BrF2NO/c11-8-4(3-14)1-6-5(9(8)13)2-7(12)10(6)15/h1,7H,2H2. The summed E-state index contributed by atoms with van der Waals surface area (Å²) in [7, 11) is 0. The first-order valence-corrected chi connectivity index (χ1v) is 4.94. The van der Waals surface area contributed by atoms with Gasteiger partial charge in [-0.25, -0.2) is 8.78 Å². The van der Waals surface area contributed by atoms with Gasteiger partial charge >= 0.3 is 0 Å². The van der Waals surface area contributed by atoms with E-state index in [0.29, 0.717) is 0 Å². The van der Waals surface area contributed by atoms with Crippen LogP contribution in [0.15, 0.2) is 10.5 Å². The zero-order valence-corrected chi connectivity index (χ0v) is 8.94. The summed E-state index contributed by atoms with van der Waals surface area (Å²) in [4.78, 5) is 11.3. The summed E-state index contributed by atoms with van der Waals surface area (Å²) in [6, 6.07) is 2.97. The molecule has 0 heterocycles. The van der Waals surface area contributed by atoms with Gasteiger partial charge in [-0.1, -0.05) is 0 Å². The van der Waals surface area contributed by atoms with Crippen LogP contribution in [0.1, 0.15) is 21.5 Å². The van der Waals surface area contributed by atoms with Gasteiger partial charge in [-0.05, 0) is 22.0 Å². The Morgan fingerprint density at radius 3 is 2.87 bits per heavy atom. The Hall–Kier alpha value is -1.28. The third-order valence-electron chi connectivity index (χ3n) is 2.36. The van der Waals surface area contributed by atoms with Gasteiger partial charge in [0.2, 0.25) is 0 Å². The first kappa shape index (κ1) is 10.2. The number of carbonyl (C=O) groups is 1. The number of hydrogen-bond donors (Lipinski definition) is 0. The van der Waals surface area contributed by atoms with E-state index < -0.39 is 17.8 Å². The number of nitrogens with zero attached hydrogens (tertiary/aromatic N) is 1. The maximum Gasteiger partial charge on any atom is 0.197 e. The van der Waals surface area contributed by atoms with Gasteiger partial charge in [0, 0.05) is 17.5 Å². The number of alkyl halides is 1. The summed E-state index contributed by atoms with van der Waals surface area (Å²) in [5, 5.41) is 8.67. The molecule has 0 saturated heterocycles. The molecule has 0 bridgehead atoms. The largest absolute Gasteiger partial charge is 0.291 e. The number of carbonyl (C=O) groups excluding carboxylic acids is 1. The molecule has 0 amide bonds. The molecular weight excluding hydrogens is 268 g/mol. The summed E-state index contributed by atoms with van der Waals surface area (Å²) in [6.45, 7) is 0. The summed E-state index contributed by atoms with van der Waals surface area (Å²) < 4.78 is 26.6. The van der Waals surface area contributed by atoms with Crippen LogP contribution in [0.2, 0.25) is 0 Å². The molecule has 0 radical (unpaired) electrons. The van der Waals surface area contributed by atoms with E-state index in [1.807, 2.05) is 0 Å². The van der Waals surface area contributed by atoms with Crippen LogP contribution in [-0.4, -0.2) is 12.0 Å². The number of hydrogen-bond acceptors (Lipinski definition) is 2. The van der Waals surface area contributed by atoms with Crippen molar-refractivity contribution in [3.8, 4) is 6.07 Å². The van der Waals surface area contributed by atoms with E-state index in [0.717, 1.165) is 0 Å². The predicted octanol–water partition coefficient (Wildman–Crippen LogP) is 2.54. The minimum absolute atomic E-state index is 0.00806. The topological polar surface area (TPSA) is 40.9 Å². The van der Waals surface area contributed by atoms with Gasteiger partial charge in [0.25, 0.3) is 0 Å². The van der Waals surface area contributed by atoms with Gasteiger partial charge in [-0.15, -0.1) is 0 Å². The van der Waals surface area contributed by atoms with Gasteiger partial charge in [-0.3, -0.25) is 4.79 Å². The summed E-state index contributed by atoms with van der Waals surface area (Å²) in [6.07, 6.45) is -1.93. The van der Waals surface area contributed by atoms with Crippen molar-refractivity contribution in [3.63, 3.8) is 0 Å². The van der Waals surface area contributed by atoms with Crippen LogP contribution in [0.25, 0.3) is 0 Å². The Labute approximate surface area is 92.6 Å². The smallest absolute Gasteiger partial charge is 0.197 e. The number of fused-ring (bicyclic) bond motifs is 1. The lowest BCUT2D eigenvalue weighted by atomic mass is 10.1. The van der Waals surface area contributed by atoms with E-state index >= 15 is 0 Å². The monoisotopic (exact) mass is 271 g/mol. The van der Waals surface area contributed by atoms with Crippen LogP contribution in [0.3, 0.4) is 0 Å². The molecule has 1 aliphatic carbocycles. The van der Waals surface area contributed by atoms with Gasteiger partial charge in [-0.2, -0.15) is 5.26 Å². The Morgan fingerprint density at radius 1 is 1.60 bits per heavy atom. The predicted molar refractivity (Wildman–Crippen MR) is 51.7 cm³/mol. The third kappa shape index (κ3) is 1.37. The minimum atomic E-state index is -1.68. The van der Waals surface area contributed by atoms with Crippen LogP contribution < -0.4 is 0 Å². The summed E-state index contributed by atoms with van der Waals surface area (Å²) in [5.41, 5.74) is 0.0480. The van der Waals surface area contributed by atoms with Crippen LogP contribution in [0.5, 0.6) is 0 Å². The van der Waals surface area contributed by atoms with Crippen LogP contribution in [0.4, 0.5) is 8.78 Å². The highest BCUT2D eigenvalue weighted by molar-refractivity contribution is 9.10. The molecule has 1 aromatic carbocycles. The number of nitriles is 1. The van der Waals surface area contributed by atoms with Crippen molar-refractivity contribution in [3.05, 3.63) is 33.0 Å². The number of rotatable bonds is 0. The van der Waals surface area contributed by atoms with Crippen LogP contribution >= 0.6 is 15.9 Å². The fourth-order valence-electron chi connectivity index (χ4n) is 1.61. The molecule has 0 aliphatic heterocycles. The Kier molecular flexibility index (Phi) is 2.31. The number of Topliss-reactive ketones (excluding diaryl/α,β-unsaturated/α-hetero) is 1. The number of benzene rings is 1. The van der Waals surface area contributed by atoms with Gasteiger partial charge in [0.15, 0.2) is 12.0 Å². The molecule has 76 valence electrons. The normalized spacial score (nSPS) is 18.8. The van der Waals surface area contributed by atoms with E-state index in [2.05, 4.69) is 15.9 Å². The van der Waals surface area contributed by atoms with Gasteiger partial charge in [0.1, 0.15) is 11.9 Å². The lowest BCUT2D eigenvalue weighted by molar-refractivity contribution is 0.0899. The average Bonchev–Trinajstić information content (AvgIpc) is 2.50. The second-order valence-corrected chi connectivity index (χ2v) is 4.02. The minimum Gasteiger partial charge on any atom is -0.291 e. The Balaban J connectivity index is 2.73. The zero-order chi connectivity index (χ0) is 11.2. The SMILES string of the molecule is N#Cc1cc2c(c(F)c1Br)CC(F)C2=O. The molecular formula is C10H4BrF2NO. The molecule has 0 aromatic heterocycles. The third-order valence-corrected chi connectivity index (χ3v) is 3.14. The highest BCUT2D eigenvalue weighted by atomic mass is 79.9. The highest BCUT2D eigenvalue weighted by Crippen LogP contribution is 2.33. The first-order chi connectivity index (χ1) is 7.06. The first-order valence-electron chi connectivity index (χ1n) is 4.15. The molecule has 1 aromatic rings. The molecule has 15 heavy (non-hydrogen) atoms. The molecule has 0 spiro atoms. The van der Waals surface area contributed by atoms with Crippen molar-refractivity contribution in [2.24, 2.45) is 0 Å². The van der Waals surface area contributed by atoms with Crippen molar-refractivity contribution >= 4 is 21.7 Å². The van der Waals surface area contributed by atoms with Gasteiger partial charge < -0.3 is 0 Å². The molecule has 1 atom stereocenters. The Bertz CT molecular complexity index is 507. The second kappa shape index (κ2) is 3.38.